The number of nitrogens with one attached hydrogen (secondary N) is 2. The molecule has 0 radical (unpaired) electrons. The molecule has 2 aromatic carbocycles. The summed E-state index contributed by atoms with van der Waals surface area (Å²) < 4.78 is 41.7. The summed E-state index contributed by atoms with van der Waals surface area (Å²) in [6.45, 7) is 3.90. The molecule has 0 aliphatic carbocycles. The minimum Gasteiger partial charge on any atom is -0.492 e. The standard InChI is InChI=1S/C19H24FN3O3S/c1-3-21-19(23-14-15-5-4-6-16(20)13-15)22-11-12-26-17-7-9-18(10-8-17)27(2,24)25/h4-10,13H,3,11-12,14H2,1-2H3,(H2,21,22,23). The number of halogens is 1. The van der Waals surface area contributed by atoms with Crippen molar-refractivity contribution in [2.75, 3.05) is 26.0 Å². The van der Waals surface area contributed by atoms with Crippen molar-refractivity contribution in [3.8, 4) is 5.75 Å². The van der Waals surface area contributed by atoms with E-state index in [0.29, 0.717) is 38.0 Å². The number of hydrogen-bond donors (Lipinski definition) is 2. The van der Waals surface area contributed by atoms with E-state index in [4.69, 9.17) is 4.74 Å². The second-order valence-electron chi connectivity index (χ2n) is 5.84. The third kappa shape index (κ3) is 7.26. The maximum Gasteiger partial charge on any atom is 0.191 e. The third-order valence-corrected chi connectivity index (χ3v) is 4.70. The quantitative estimate of drug-likeness (QED) is 0.409. The van der Waals surface area contributed by atoms with Crippen LogP contribution in [0.25, 0.3) is 0 Å². The number of rotatable bonds is 8. The summed E-state index contributed by atoms with van der Waals surface area (Å²) >= 11 is 0. The average molecular weight is 393 g/mol. The van der Waals surface area contributed by atoms with Gasteiger partial charge >= 0.3 is 0 Å². The van der Waals surface area contributed by atoms with Crippen molar-refractivity contribution in [1.82, 2.24) is 10.6 Å². The highest BCUT2D eigenvalue weighted by atomic mass is 32.2. The van der Waals surface area contributed by atoms with Gasteiger partial charge in [-0.3, -0.25) is 0 Å². The molecule has 0 saturated carbocycles. The summed E-state index contributed by atoms with van der Waals surface area (Å²) in [6.07, 6.45) is 1.16. The van der Waals surface area contributed by atoms with Gasteiger partial charge in [0.15, 0.2) is 15.8 Å². The number of ether oxygens (including phenoxy) is 1. The normalized spacial score (nSPS) is 11.9. The monoisotopic (exact) mass is 393 g/mol. The van der Waals surface area contributed by atoms with E-state index >= 15 is 0 Å². The van der Waals surface area contributed by atoms with E-state index in [2.05, 4.69) is 15.6 Å². The third-order valence-electron chi connectivity index (χ3n) is 3.57. The summed E-state index contributed by atoms with van der Waals surface area (Å²) in [5.74, 6) is 0.916. The number of sulfone groups is 1. The van der Waals surface area contributed by atoms with E-state index in [1.54, 1.807) is 18.2 Å². The van der Waals surface area contributed by atoms with E-state index < -0.39 is 9.84 Å². The van der Waals surface area contributed by atoms with E-state index in [0.717, 1.165) is 11.8 Å². The molecule has 2 N–H and O–H groups in total. The summed E-state index contributed by atoms with van der Waals surface area (Å²) in [7, 11) is -3.21. The van der Waals surface area contributed by atoms with Crippen molar-refractivity contribution in [3.05, 3.63) is 59.9 Å². The number of aliphatic imine (C=N–C) groups is 1. The van der Waals surface area contributed by atoms with E-state index in [1.807, 2.05) is 13.0 Å². The molecule has 0 aromatic heterocycles. The molecule has 0 fully saturated rings. The lowest BCUT2D eigenvalue weighted by Gasteiger charge is -2.12. The van der Waals surface area contributed by atoms with Crippen LogP contribution in [0.15, 0.2) is 58.4 Å². The highest BCUT2D eigenvalue weighted by Gasteiger charge is 2.06. The fourth-order valence-electron chi connectivity index (χ4n) is 2.27. The van der Waals surface area contributed by atoms with Gasteiger partial charge in [0.1, 0.15) is 18.2 Å². The highest BCUT2D eigenvalue weighted by molar-refractivity contribution is 7.90. The van der Waals surface area contributed by atoms with Gasteiger partial charge in [-0.05, 0) is 48.9 Å². The predicted molar refractivity (Wildman–Crippen MR) is 104 cm³/mol. The van der Waals surface area contributed by atoms with Crippen molar-refractivity contribution >= 4 is 15.8 Å². The van der Waals surface area contributed by atoms with Crippen LogP contribution in [0.2, 0.25) is 0 Å². The topological polar surface area (TPSA) is 79.8 Å². The molecule has 0 unspecified atom stereocenters. The van der Waals surface area contributed by atoms with Gasteiger partial charge in [0, 0.05) is 12.8 Å². The Morgan fingerprint density at radius 3 is 2.52 bits per heavy atom. The van der Waals surface area contributed by atoms with Gasteiger partial charge in [-0.25, -0.2) is 17.8 Å². The molecular formula is C19H24FN3O3S. The number of guanidine groups is 1. The van der Waals surface area contributed by atoms with Gasteiger partial charge in [0.2, 0.25) is 0 Å². The Balaban J connectivity index is 1.82. The fraction of sp³-hybridized carbons (Fsp3) is 0.316. The van der Waals surface area contributed by atoms with Crippen LogP contribution in [-0.2, 0) is 16.4 Å². The zero-order valence-electron chi connectivity index (χ0n) is 15.4. The zero-order valence-corrected chi connectivity index (χ0v) is 16.2. The minimum absolute atomic E-state index is 0.256. The van der Waals surface area contributed by atoms with Crippen molar-refractivity contribution in [2.45, 2.75) is 18.4 Å². The Morgan fingerprint density at radius 1 is 1.15 bits per heavy atom. The molecule has 0 bridgehead atoms. The van der Waals surface area contributed by atoms with Crippen LogP contribution in [0.5, 0.6) is 5.75 Å². The molecule has 27 heavy (non-hydrogen) atoms. The SMILES string of the molecule is CCNC(=NCc1cccc(F)c1)NCCOc1ccc(S(C)(=O)=O)cc1. The minimum atomic E-state index is -3.21. The lowest BCUT2D eigenvalue weighted by Crippen LogP contribution is -2.39. The molecular weight excluding hydrogens is 369 g/mol. The molecule has 0 spiro atoms. The lowest BCUT2D eigenvalue weighted by atomic mass is 10.2. The van der Waals surface area contributed by atoms with Crippen LogP contribution in [0.1, 0.15) is 12.5 Å². The van der Waals surface area contributed by atoms with Gasteiger partial charge in [-0.15, -0.1) is 0 Å². The molecule has 6 nitrogen and oxygen atoms in total. The van der Waals surface area contributed by atoms with E-state index in [9.17, 15) is 12.8 Å². The van der Waals surface area contributed by atoms with Crippen molar-refractivity contribution in [1.29, 1.82) is 0 Å². The Kier molecular flexibility index (Phi) is 7.60. The molecule has 2 aromatic rings. The maximum absolute atomic E-state index is 13.2. The average Bonchev–Trinajstić information content (AvgIpc) is 2.63. The van der Waals surface area contributed by atoms with Crippen LogP contribution in [0, 0.1) is 5.82 Å². The van der Waals surface area contributed by atoms with Gasteiger partial charge in [-0.1, -0.05) is 12.1 Å². The Hall–Kier alpha value is -2.61. The molecule has 0 heterocycles. The second kappa shape index (κ2) is 9.91. The number of nitrogens with zero attached hydrogens (tertiary/aromatic N) is 1. The van der Waals surface area contributed by atoms with E-state index in [-0.39, 0.29) is 10.7 Å². The zero-order chi connectivity index (χ0) is 19.7. The van der Waals surface area contributed by atoms with Crippen molar-refractivity contribution in [2.24, 2.45) is 4.99 Å². The molecule has 0 aliphatic rings. The first-order valence-corrected chi connectivity index (χ1v) is 10.5. The van der Waals surface area contributed by atoms with E-state index in [1.165, 1.54) is 24.3 Å². The highest BCUT2D eigenvalue weighted by Crippen LogP contribution is 2.15. The van der Waals surface area contributed by atoms with Crippen molar-refractivity contribution < 1.29 is 17.5 Å². The number of benzene rings is 2. The Labute approximate surface area is 159 Å². The van der Waals surface area contributed by atoms with Crippen LogP contribution in [-0.4, -0.2) is 40.3 Å². The van der Waals surface area contributed by atoms with Gasteiger partial charge in [-0.2, -0.15) is 0 Å². The molecule has 0 atom stereocenters. The van der Waals surface area contributed by atoms with Crippen LogP contribution in [0.3, 0.4) is 0 Å². The fourth-order valence-corrected chi connectivity index (χ4v) is 2.90. The van der Waals surface area contributed by atoms with Crippen molar-refractivity contribution in [3.63, 3.8) is 0 Å². The lowest BCUT2D eigenvalue weighted by molar-refractivity contribution is 0.321. The summed E-state index contributed by atoms with van der Waals surface area (Å²) in [6, 6.07) is 12.6. The first-order chi connectivity index (χ1) is 12.9. The molecule has 0 amide bonds. The van der Waals surface area contributed by atoms with Gasteiger partial charge in [0.25, 0.3) is 0 Å². The van der Waals surface area contributed by atoms with Gasteiger partial charge in [0.05, 0.1) is 18.0 Å². The largest absolute Gasteiger partial charge is 0.492 e. The maximum atomic E-state index is 13.2. The second-order valence-corrected chi connectivity index (χ2v) is 7.86. The number of hydrogen-bond acceptors (Lipinski definition) is 4. The van der Waals surface area contributed by atoms with Gasteiger partial charge < -0.3 is 15.4 Å². The van der Waals surface area contributed by atoms with Crippen LogP contribution < -0.4 is 15.4 Å². The Bertz CT molecular complexity index is 868. The Morgan fingerprint density at radius 2 is 1.89 bits per heavy atom. The molecule has 0 aliphatic heterocycles. The van der Waals surface area contributed by atoms with Crippen LogP contribution >= 0.6 is 0 Å². The smallest absolute Gasteiger partial charge is 0.191 e. The molecule has 146 valence electrons. The summed E-state index contributed by atoms with van der Waals surface area (Å²) in [5.41, 5.74) is 0.786. The summed E-state index contributed by atoms with van der Waals surface area (Å²) in [5, 5.41) is 6.25. The first-order valence-electron chi connectivity index (χ1n) is 8.58. The molecule has 2 rings (SSSR count). The molecule has 0 saturated heterocycles. The molecule has 8 heteroatoms. The van der Waals surface area contributed by atoms with Crippen LogP contribution in [0.4, 0.5) is 4.39 Å². The summed E-state index contributed by atoms with van der Waals surface area (Å²) in [4.78, 5) is 4.67. The predicted octanol–water partition coefficient (Wildman–Crippen LogP) is 2.36. The first kappa shape index (κ1) is 20.7.